The van der Waals surface area contributed by atoms with E-state index in [4.69, 9.17) is 18.0 Å². The van der Waals surface area contributed by atoms with Crippen LogP contribution in [0.25, 0.3) is 0 Å². The zero-order valence-electron chi connectivity index (χ0n) is 9.58. The molecule has 0 aliphatic heterocycles. The SMILES string of the molecule is CCN(C)C(=O)C1(C(N)=S)CCCCC1. The van der Waals surface area contributed by atoms with Crippen LogP contribution in [0.5, 0.6) is 0 Å². The highest BCUT2D eigenvalue weighted by Gasteiger charge is 2.43. The van der Waals surface area contributed by atoms with Crippen LogP contribution in [0.15, 0.2) is 0 Å². The lowest BCUT2D eigenvalue weighted by Gasteiger charge is -2.37. The van der Waals surface area contributed by atoms with Crippen LogP contribution in [0.2, 0.25) is 0 Å². The minimum Gasteiger partial charge on any atom is -0.392 e. The predicted molar refractivity (Wildman–Crippen MR) is 65.6 cm³/mol. The molecule has 3 nitrogen and oxygen atoms in total. The third kappa shape index (κ3) is 2.30. The Labute approximate surface area is 97.0 Å². The van der Waals surface area contributed by atoms with E-state index in [0.717, 1.165) is 25.7 Å². The van der Waals surface area contributed by atoms with Gasteiger partial charge >= 0.3 is 0 Å². The third-order valence-corrected chi connectivity index (χ3v) is 3.80. The Hall–Kier alpha value is -0.640. The molecule has 15 heavy (non-hydrogen) atoms. The van der Waals surface area contributed by atoms with Crippen molar-refractivity contribution in [2.24, 2.45) is 11.1 Å². The monoisotopic (exact) mass is 228 g/mol. The zero-order chi connectivity index (χ0) is 11.5. The number of carbonyl (C=O) groups excluding carboxylic acids is 1. The van der Waals surface area contributed by atoms with Gasteiger partial charge in [-0.25, -0.2) is 0 Å². The van der Waals surface area contributed by atoms with Gasteiger partial charge in [0.2, 0.25) is 5.91 Å². The molecule has 1 amide bonds. The van der Waals surface area contributed by atoms with Crippen LogP contribution in [0, 0.1) is 5.41 Å². The standard InChI is InChI=1S/C11H20N2OS/c1-3-13(2)10(14)11(9(12)15)7-5-4-6-8-11/h3-8H2,1-2H3,(H2,12,15). The van der Waals surface area contributed by atoms with Crippen molar-refractivity contribution in [1.29, 1.82) is 0 Å². The fourth-order valence-electron chi connectivity index (χ4n) is 2.23. The van der Waals surface area contributed by atoms with Gasteiger partial charge in [-0.15, -0.1) is 0 Å². The van der Waals surface area contributed by atoms with E-state index in [2.05, 4.69) is 0 Å². The van der Waals surface area contributed by atoms with Crippen molar-refractivity contribution in [1.82, 2.24) is 4.90 Å². The van der Waals surface area contributed by atoms with Crippen LogP contribution in [0.1, 0.15) is 39.0 Å². The lowest BCUT2D eigenvalue weighted by atomic mass is 9.73. The molecule has 0 unspecified atom stereocenters. The molecule has 0 bridgehead atoms. The van der Waals surface area contributed by atoms with Gasteiger partial charge < -0.3 is 10.6 Å². The molecule has 0 aromatic carbocycles. The lowest BCUT2D eigenvalue weighted by Crippen LogP contribution is -2.50. The second kappa shape index (κ2) is 4.92. The first kappa shape index (κ1) is 12.4. The molecule has 0 saturated heterocycles. The summed E-state index contributed by atoms with van der Waals surface area (Å²) in [6.07, 6.45) is 4.95. The number of carbonyl (C=O) groups is 1. The molecular formula is C11H20N2OS. The predicted octanol–water partition coefficient (Wildman–Crippen LogP) is 1.70. The van der Waals surface area contributed by atoms with Crippen molar-refractivity contribution in [3.63, 3.8) is 0 Å². The number of hydrogen-bond acceptors (Lipinski definition) is 2. The summed E-state index contributed by atoms with van der Waals surface area (Å²) in [5.41, 5.74) is 5.24. The minimum atomic E-state index is -0.543. The summed E-state index contributed by atoms with van der Waals surface area (Å²) in [5, 5.41) is 0. The van der Waals surface area contributed by atoms with E-state index in [1.807, 2.05) is 14.0 Å². The molecule has 0 aromatic heterocycles. The Morgan fingerprint density at radius 3 is 2.33 bits per heavy atom. The summed E-state index contributed by atoms with van der Waals surface area (Å²) < 4.78 is 0. The average Bonchev–Trinajstić information content (AvgIpc) is 2.27. The quantitative estimate of drug-likeness (QED) is 0.748. The van der Waals surface area contributed by atoms with Gasteiger partial charge in [-0.2, -0.15) is 0 Å². The Morgan fingerprint density at radius 1 is 1.40 bits per heavy atom. The summed E-state index contributed by atoms with van der Waals surface area (Å²) >= 11 is 5.10. The van der Waals surface area contributed by atoms with Gasteiger partial charge in [-0.3, -0.25) is 4.79 Å². The third-order valence-electron chi connectivity index (χ3n) is 3.41. The number of amides is 1. The molecule has 1 aliphatic carbocycles. The van der Waals surface area contributed by atoms with Gasteiger partial charge in [0.15, 0.2) is 0 Å². The largest absolute Gasteiger partial charge is 0.392 e. The van der Waals surface area contributed by atoms with E-state index in [1.165, 1.54) is 6.42 Å². The Morgan fingerprint density at radius 2 is 1.93 bits per heavy atom. The van der Waals surface area contributed by atoms with Crippen LogP contribution in [0.3, 0.4) is 0 Å². The molecular weight excluding hydrogens is 208 g/mol. The number of rotatable bonds is 3. The van der Waals surface area contributed by atoms with E-state index in [0.29, 0.717) is 11.5 Å². The van der Waals surface area contributed by atoms with Crippen molar-refractivity contribution in [2.75, 3.05) is 13.6 Å². The summed E-state index contributed by atoms with van der Waals surface area (Å²) in [5.74, 6) is 0.109. The normalized spacial score (nSPS) is 19.6. The summed E-state index contributed by atoms with van der Waals surface area (Å²) in [7, 11) is 1.82. The first-order chi connectivity index (χ1) is 7.04. The molecule has 1 aliphatic rings. The van der Waals surface area contributed by atoms with Crippen LogP contribution in [0.4, 0.5) is 0 Å². The highest BCUT2D eigenvalue weighted by atomic mass is 32.1. The van der Waals surface area contributed by atoms with E-state index >= 15 is 0 Å². The number of hydrogen-bond donors (Lipinski definition) is 1. The maximum absolute atomic E-state index is 12.3. The van der Waals surface area contributed by atoms with Gasteiger partial charge in [-0.1, -0.05) is 31.5 Å². The molecule has 1 fully saturated rings. The number of nitrogens with zero attached hydrogens (tertiary/aromatic N) is 1. The summed E-state index contributed by atoms with van der Waals surface area (Å²) in [4.78, 5) is 14.4. The second-order valence-corrected chi connectivity index (χ2v) is 4.77. The van der Waals surface area contributed by atoms with Crippen molar-refractivity contribution in [3.8, 4) is 0 Å². The minimum absolute atomic E-state index is 0.109. The van der Waals surface area contributed by atoms with Crippen LogP contribution in [-0.2, 0) is 4.79 Å². The van der Waals surface area contributed by atoms with Crippen LogP contribution < -0.4 is 5.73 Å². The number of thiocarbonyl (C=S) groups is 1. The van der Waals surface area contributed by atoms with Gasteiger partial charge in [0, 0.05) is 13.6 Å². The first-order valence-corrected chi connectivity index (χ1v) is 6.01. The van der Waals surface area contributed by atoms with Gasteiger partial charge in [0.1, 0.15) is 0 Å². The van der Waals surface area contributed by atoms with Crippen molar-refractivity contribution >= 4 is 23.1 Å². The average molecular weight is 228 g/mol. The lowest BCUT2D eigenvalue weighted by molar-refractivity contribution is -0.138. The second-order valence-electron chi connectivity index (χ2n) is 4.33. The molecule has 86 valence electrons. The molecule has 0 atom stereocenters. The maximum Gasteiger partial charge on any atom is 0.235 e. The summed E-state index contributed by atoms with van der Waals surface area (Å²) in [6, 6.07) is 0. The van der Waals surface area contributed by atoms with E-state index in [1.54, 1.807) is 4.90 Å². The number of nitrogens with two attached hydrogens (primary N) is 1. The van der Waals surface area contributed by atoms with Crippen LogP contribution in [-0.4, -0.2) is 29.4 Å². The Kier molecular flexibility index (Phi) is 4.08. The highest BCUT2D eigenvalue weighted by molar-refractivity contribution is 7.80. The fraction of sp³-hybridized carbons (Fsp3) is 0.818. The van der Waals surface area contributed by atoms with Crippen molar-refractivity contribution in [3.05, 3.63) is 0 Å². The molecule has 0 spiro atoms. The van der Waals surface area contributed by atoms with E-state index < -0.39 is 5.41 Å². The van der Waals surface area contributed by atoms with E-state index in [-0.39, 0.29) is 5.91 Å². The zero-order valence-corrected chi connectivity index (χ0v) is 10.4. The Balaban J connectivity index is 2.90. The van der Waals surface area contributed by atoms with Gasteiger partial charge in [0.25, 0.3) is 0 Å². The van der Waals surface area contributed by atoms with Crippen LogP contribution >= 0.6 is 12.2 Å². The molecule has 1 saturated carbocycles. The molecule has 0 radical (unpaired) electrons. The Bertz CT molecular complexity index is 259. The van der Waals surface area contributed by atoms with Gasteiger partial charge in [0.05, 0.1) is 10.4 Å². The fourth-order valence-corrected chi connectivity index (χ4v) is 2.52. The smallest absolute Gasteiger partial charge is 0.235 e. The van der Waals surface area contributed by atoms with E-state index in [9.17, 15) is 4.79 Å². The van der Waals surface area contributed by atoms with Crippen molar-refractivity contribution in [2.45, 2.75) is 39.0 Å². The van der Waals surface area contributed by atoms with Gasteiger partial charge in [-0.05, 0) is 19.8 Å². The maximum atomic E-state index is 12.3. The topological polar surface area (TPSA) is 46.3 Å². The molecule has 4 heteroatoms. The van der Waals surface area contributed by atoms with Crippen molar-refractivity contribution < 1.29 is 4.79 Å². The molecule has 1 rings (SSSR count). The molecule has 0 heterocycles. The first-order valence-electron chi connectivity index (χ1n) is 5.60. The summed E-state index contributed by atoms with van der Waals surface area (Å²) in [6.45, 7) is 2.68. The highest BCUT2D eigenvalue weighted by Crippen LogP contribution is 2.38. The molecule has 0 aromatic rings. The molecule has 2 N–H and O–H groups in total.